The van der Waals surface area contributed by atoms with E-state index in [1.165, 1.54) is 5.57 Å². The number of oxazole rings is 1. The fraction of sp³-hybridized carbons (Fsp3) is 0.227. The van der Waals surface area contributed by atoms with Crippen LogP contribution in [0.25, 0.3) is 17.0 Å². The number of rotatable bonds is 2. The molecular weight excluding hydrogens is 368 g/mol. The third-order valence-electron chi connectivity index (χ3n) is 5.26. The maximum absolute atomic E-state index is 11.6. The number of primary amides is 1. The zero-order chi connectivity index (χ0) is 20.3. The summed E-state index contributed by atoms with van der Waals surface area (Å²) in [6.45, 7) is 3.30. The van der Waals surface area contributed by atoms with Gasteiger partial charge in [-0.05, 0) is 43.5 Å². The SMILES string of the molecule is Cc1cnc(C(C)(O)C#Cc2ccc3c(c2)-c2nc(C(N)=O)cn2C2C=C3C2)o1. The summed E-state index contributed by atoms with van der Waals surface area (Å²) >= 11 is 0. The molecule has 6 rings (SSSR count). The molecule has 1 amide bonds. The normalized spacial score (nSPS) is 18.2. The van der Waals surface area contributed by atoms with Crippen LogP contribution in [0.5, 0.6) is 0 Å². The highest BCUT2D eigenvalue weighted by Crippen LogP contribution is 2.46. The fourth-order valence-electron chi connectivity index (χ4n) is 3.68. The summed E-state index contributed by atoms with van der Waals surface area (Å²) in [5.74, 6) is 6.74. The van der Waals surface area contributed by atoms with Gasteiger partial charge in [-0.3, -0.25) is 4.79 Å². The molecule has 2 aromatic heterocycles. The number of aryl methyl sites for hydroxylation is 1. The van der Waals surface area contributed by atoms with Crippen LogP contribution in [-0.4, -0.2) is 25.5 Å². The van der Waals surface area contributed by atoms with E-state index in [1.807, 2.05) is 22.8 Å². The van der Waals surface area contributed by atoms with Crippen LogP contribution in [0.3, 0.4) is 0 Å². The first-order valence-corrected chi connectivity index (χ1v) is 9.24. The highest BCUT2D eigenvalue weighted by atomic mass is 16.4. The summed E-state index contributed by atoms with van der Waals surface area (Å²) in [4.78, 5) is 20.1. The molecule has 0 saturated heterocycles. The van der Waals surface area contributed by atoms with Gasteiger partial charge >= 0.3 is 0 Å². The minimum Gasteiger partial charge on any atom is -0.442 e. The van der Waals surface area contributed by atoms with Crippen molar-refractivity contribution in [2.75, 3.05) is 0 Å². The zero-order valence-corrected chi connectivity index (χ0v) is 15.9. The molecule has 1 aromatic carbocycles. The van der Waals surface area contributed by atoms with Crippen molar-refractivity contribution < 1.29 is 14.3 Å². The Bertz CT molecular complexity index is 1270. The van der Waals surface area contributed by atoms with Crippen LogP contribution in [0.1, 0.15) is 52.7 Å². The molecule has 3 aromatic rings. The van der Waals surface area contributed by atoms with E-state index in [4.69, 9.17) is 10.2 Å². The molecule has 0 fully saturated rings. The van der Waals surface area contributed by atoms with Crippen LogP contribution in [0.4, 0.5) is 0 Å². The van der Waals surface area contributed by atoms with Gasteiger partial charge < -0.3 is 19.8 Å². The second-order valence-corrected chi connectivity index (χ2v) is 7.54. The zero-order valence-electron chi connectivity index (χ0n) is 15.9. The Kier molecular flexibility index (Phi) is 3.57. The molecule has 7 nitrogen and oxygen atoms in total. The monoisotopic (exact) mass is 386 g/mol. The molecule has 0 spiro atoms. The Morgan fingerprint density at radius 1 is 1.41 bits per heavy atom. The fourth-order valence-corrected chi connectivity index (χ4v) is 3.68. The van der Waals surface area contributed by atoms with Crippen molar-refractivity contribution in [3.8, 4) is 23.2 Å². The molecule has 29 heavy (non-hydrogen) atoms. The van der Waals surface area contributed by atoms with Crippen molar-refractivity contribution in [1.82, 2.24) is 14.5 Å². The second kappa shape index (κ2) is 5.93. The number of amides is 1. The Labute approximate surface area is 166 Å². The maximum Gasteiger partial charge on any atom is 0.268 e. The lowest BCUT2D eigenvalue weighted by atomic mass is 9.86. The van der Waals surface area contributed by atoms with Crippen LogP contribution < -0.4 is 5.73 Å². The number of hydrogen-bond acceptors (Lipinski definition) is 5. The van der Waals surface area contributed by atoms with E-state index in [0.29, 0.717) is 17.1 Å². The van der Waals surface area contributed by atoms with Gasteiger partial charge in [-0.2, -0.15) is 0 Å². The number of hydrogen-bond donors (Lipinski definition) is 2. The highest BCUT2D eigenvalue weighted by molar-refractivity contribution is 5.92. The van der Waals surface area contributed by atoms with E-state index in [-0.39, 0.29) is 17.6 Å². The molecule has 0 radical (unpaired) electrons. The van der Waals surface area contributed by atoms with Gasteiger partial charge in [0, 0.05) is 17.3 Å². The number of benzene rings is 1. The summed E-state index contributed by atoms with van der Waals surface area (Å²) in [5, 5.41) is 10.6. The number of carbonyl (C=O) groups is 1. The van der Waals surface area contributed by atoms with Crippen molar-refractivity contribution >= 4 is 11.5 Å². The van der Waals surface area contributed by atoms with Crippen molar-refractivity contribution in [1.29, 1.82) is 0 Å². The van der Waals surface area contributed by atoms with Crippen LogP contribution in [0.2, 0.25) is 0 Å². The Morgan fingerprint density at radius 3 is 2.90 bits per heavy atom. The molecule has 3 aliphatic rings. The lowest BCUT2D eigenvalue weighted by Crippen LogP contribution is -2.18. The third-order valence-corrected chi connectivity index (χ3v) is 5.26. The predicted octanol–water partition coefficient (Wildman–Crippen LogP) is 2.55. The summed E-state index contributed by atoms with van der Waals surface area (Å²) < 4.78 is 7.39. The molecule has 2 aliphatic heterocycles. The first-order valence-electron chi connectivity index (χ1n) is 9.24. The first-order chi connectivity index (χ1) is 13.8. The molecule has 144 valence electrons. The Hall–Kier alpha value is -3.63. The van der Waals surface area contributed by atoms with Crippen LogP contribution in [0.15, 0.2) is 41.1 Å². The summed E-state index contributed by atoms with van der Waals surface area (Å²) in [5.41, 5.74) is 8.08. The number of aromatic nitrogens is 3. The molecule has 0 saturated carbocycles. The highest BCUT2D eigenvalue weighted by Gasteiger charge is 2.32. The van der Waals surface area contributed by atoms with E-state index in [2.05, 4.69) is 27.9 Å². The second-order valence-electron chi connectivity index (χ2n) is 7.54. The van der Waals surface area contributed by atoms with Gasteiger partial charge in [0.1, 0.15) is 17.3 Å². The quantitative estimate of drug-likeness (QED) is 0.658. The summed E-state index contributed by atoms with van der Waals surface area (Å²) in [7, 11) is 0. The van der Waals surface area contributed by atoms with Crippen molar-refractivity contribution in [3.05, 3.63) is 65.1 Å². The molecule has 3 N–H and O–H groups in total. The van der Waals surface area contributed by atoms with E-state index in [1.54, 1.807) is 26.2 Å². The number of allylic oxidation sites excluding steroid dienone is 2. The third kappa shape index (κ3) is 2.77. The topological polar surface area (TPSA) is 107 Å². The van der Waals surface area contributed by atoms with Crippen LogP contribution in [0, 0.1) is 18.8 Å². The van der Waals surface area contributed by atoms with Crippen LogP contribution >= 0.6 is 0 Å². The van der Waals surface area contributed by atoms with Gasteiger partial charge in [0.25, 0.3) is 5.91 Å². The number of nitrogens with two attached hydrogens (primary N) is 1. The minimum absolute atomic E-state index is 0.157. The van der Waals surface area contributed by atoms with E-state index >= 15 is 0 Å². The smallest absolute Gasteiger partial charge is 0.268 e. The molecule has 7 heteroatoms. The molecule has 2 bridgehead atoms. The number of imidazole rings is 1. The van der Waals surface area contributed by atoms with Gasteiger partial charge in [-0.1, -0.05) is 24.0 Å². The van der Waals surface area contributed by atoms with Crippen molar-refractivity contribution in [2.45, 2.75) is 31.9 Å². The Morgan fingerprint density at radius 2 is 2.21 bits per heavy atom. The molecular formula is C22H18N4O3. The van der Waals surface area contributed by atoms with E-state index < -0.39 is 11.5 Å². The summed E-state index contributed by atoms with van der Waals surface area (Å²) in [6, 6.07) is 6.01. The molecule has 2 unspecified atom stereocenters. The average molecular weight is 386 g/mol. The van der Waals surface area contributed by atoms with Gasteiger partial charge in [-0.25, -0.2) is 9.97 Å². The lowest BCUT2D eigenvalue weighted by molar-refractivity contribution is 0.0882. The van der Waals surface area contributed by atoms with E-state index in [9.17, 15) is 9.90 Å². The predicted molar refractivity (Wildman–Crippen MR) is 106 cm³/mol. The van der Waals surface area contributed by atoms with Gasteiger partial charge in [0.2, 0.25) is 5.89 Å². The first kappa shape index (κ1) is 17.5. The lowest BCUT2D eigenvalue weighted by Gasteiger charge is -2.24. The number of carbonyl (C=O) groups excluding carboxylic acids is 1. The van der Waals surface area contributed by atoms with Crippen LogP contribution in [-0.2, 0) is 5.60 Å². The number of nitrogens with zero attached hydrogens (tertiary/aromatic N) is 3. The van der Waals surface area contributed by atoms with Gasteiger partial charge in [0.05, 0.1) is 12.2 Å². The largest absolute Gasteiger partial charge is 0.442 e. The van der Waals surface area contributed by atoms with Gasteiger partial charge in [0.15, 0.2) is 5.60 Å². The molecule has 2 atom stereocenters. The number of aliphatic hydroxyl groups is 1. The maximum atomic E-state index is 11.6. The van der Waals surface area contributed by atoms with Crippen molar-refractivity contribution in [3.63, 3.8) is 0 Å². The van der Waals surface area contributed by atoms with Gasteiger partial charge in [-0.15, -0.1) is 0 Å². The van der Waals surface area contributed by atoms with E-state index in [0.717, 1.165) is 17.5 Å². The minimum atomic E-state index is -1.51. The summed E-state index contributed by atoms with van der Waals surface area (Å²) in [6.07, 6.45) is 6.31. The standard InChI is InChI=1S/C22H18N4O3/c1-12-10-24-21(29-12)22(2,28)6-5-13-3-4-16-14-8-15(9-14)26-11-18(19(23)27)25-20(26)17(16)7-13/h3-4,7-8,10-11,15,28H,9H2,1-2H3,(H2,23,27). The Balaban J connectivity index is 1.58. The van der Waals surface area contributed by atoms with Crippen molar-refractivity contribution in [2.24, 2.45) is 5.73 Å². The average Bonchev–Trinajstić information content (AvgIpc) is 3.22. The molecule has 1 aliphatic carbocycles. The molecule has 4 heterocycles.